The molecule has 2 N–H and O–H groups in total. The number of nitrogens with one attached hydrogen (secondary N) is 1. The highest BCUT2D eigenvalue weighted by atomic mass is 16.5. The second-order valence-electron chi connectivity index (χ2n) is 7.47. The van der Waals surface area contributed by atoms with Gasteiger partial charge in [-0.2, -0.15) is 5.10 Å². The topological polar surface area (TPSA) is 106 Å². The van der Waals surface area contributed by atoms with Gasteiger partial charge in [-0.05, 0) is 61.4 Å². The summed E-state index contributed by atoms with van der Waals surface area (Å²) >= 11 is 0. The molecule has 0 saturated carbocycles. The average molecular weight is 477 g/mol. The summed E-state index contributed by atoms with van der Waals surface area (Å²) in [6, 6.07) is 18.7. The first-order valence-corrected chi connectivity index (χ1v) is 11.3. The Morgan fingerprint density at radius 2 is 1.63 bits per heavy atom. The first-order chi connectivity index (χ1) is 17.0. The van der Waals surface area contributed by atoms with Crippen LogP contribution in [0.3, 0.4) is 0 Å². The third-order valence-electron chi connectivity index (χ3n) is 4.85. The lowest BCUT2D eigenvalue weighted by Gasteiger charge is -2.12. The van der Waals surface area contributed by atoms with Crippen LogP contribution in [-0.2, 0) is 6.61 Å². The molecule has 0 unspecified atom stereocenters. The second kappa shape index (κ2) is 12.8. The van der Waals surface area contributed by atoms with E-state index in [0.717, 1.165) is 12.0 Å². The molecule has 182 valence electrons. The highest BCUT2D eigenvalue weighted by Gasteiger charge is 2.11. The minimum atomic E-state index is -0.976. The van der Waals surface area contributed by atoms with Gasteiger partial charge in [0, 0.05) is 11.1 Å². The minimum absolute atomic E-state index is 0.216. The van der Waals surface area contributed by atoms with Crippen molar-refractivity contribution in [3.8, 4) is 17.2 Å². The average Bonchev–Trinajstić information content (AvgIpc) is 2.87. The SMILES string of the molecule is CCCOc1ccc(C(=O)N/N=C/c2ccccc2OCc2ccc(C(=O)O)cc2)cc1OCC. The van der Waals surface area contributed by atoms with Crippen LogP contribution in [0.2, 0.25) is 0 Å². The summed E-state index contributed by atoms with van der Waals surface area (Å²) in [6.07, 6.45) is 2.37. The van der Waals surface area contributed by atoms with E-state index >= 15 is 0 Å². The Balaban J connectivity index is 1.63. The molecular formula is C27H28N2O6. The lowest BCUT2D eigenvalue weighted by Crippen LogP contribution is -2.18. The Hall–Kier alpha value is -4.33. The Bertz CT molecular complexity index is 1170. The van der Waals surface area contributed by atoms with Crippen molar-refractivity contribution in [3.05, 3.63) is 89.0 Å². The van der Waals surface area contributed by atoms with Gasteiger partial charge in [0.05, 0.1) is 25.0 Å². The molecule has 0 aromatic heterocycles. The summed E-state index contributed by atoms with van der Waals surface area (Å²) in [4.78, 5) is 23.6. The lowest BCUT2D eigenvalue weighted by molar-refractivity contribution is 0.0696. The summed E-state index contributed by atoms with van der Waals surface area (Å²) in [5.41, 5.74) is 4.63. The summed E-state index contributed by atoms with van der Waals surface area (Å²) in [5, 5.41) is 13.1. The third-order valence-corrected chi connectivity index (χ3v) is 4.85. The first kappa shape index (κ1) is 25.3. The molecule has 3 rings (SSSR count). The molecule has 0 radical (unpaired) electrons. The number of hydrazone groups is 1. The molecule has 35 heavy (non-hydrogen) atoms. The number of nitrogens with zero attached hydrogens (tertiary/aromatic N) is 1. The number of aromatic carboxylic acids is 1. The molecule has 8 nitrogen and oxygen atoms in total. The maximum atomic E-state index is 12.6. The fourth-order valence-corrected chi connectivity index (χ4v) is 3.10. The van der Waals surface area contributed by atoms with E-state index < -0.39 is 5.97 Å². The van der Waals surface area contributed by atoms with Crippen molar-refractivity contribution in [3.63, 3.8) is 0 Å². The van der Waals surface area contributed by atoms with Crippen molar-refractivity contribution in [2.45, 2.75) is 26.9 Å². The Kier molecular flexibility index (Phi) is 9.24. The van der Waals surface area contributed by atoms with E-state index in [9.17, 15) is 9.59 Å². The Morgan fingerprint density at radius 1 is 0.886 bits per heavy atom. The Labute approximate surface area is 204 Å². The maximum Gasteiger partial charge on any atom is 0.335 e. The van der Waals surface area contributed by atoms with Gasteiger partial charge >= 0.3 is 5.97 Å². The van der Waals surface area contributed by atoms with Gasteiger partial charge in [0.1, 0.15) is 12.4 Å². The van der Waals surface area contributed by atoms with Gasteiger partial charge in [-0.15, -0.1) is 0 Å². The summed E-state index contributed by atoms with van der Waals surface area (Å²) in [5.74, 6) is 0.311. The molecule has 3 aromatic carbocycles. The van der Waals surface area contributed by atoms with E-state index in [-0.39, 0.29) is 18.1 Å². The number of hydrogen-bond donors (Lipinski definition) is 2. The molecular weight excluding hydrogens is 448 g/mol. The van der Waals surface area contributed by atoms with Gasteiger partial charge in [0.15, 0.2) is 11.5 Å². The van der Waals surface area contributed by atoms with E-state index in [2.05, 4.69) is 10.5 Å². The molecule has 0 aliphatic heterocycles. The van der Waals surface area contributed by atoms with Crippen molar-refractivity contribution in [2.75, 3.05) is 13.2 Å². The van der Waals surface area contributed by atoms with Crippen molar-refractivity contribution in [2.24, 2.45) is 5.10 Å². The zero-order chi connectivity index (χ0) is 25.0. The molecule has 0 aliphatic rings. The number of para-hydroxylation sites is 1. The molecule has 0 heterocycles. The number of rotatable bonds is 12. The quantitative estimate of drug-likeness (QED) is 0.284. The standard InChI is InChI=1S/C27H28N2O6/c1-3-15-34-24-14-13-21(16-25(24)33-4-2)26(30)29-28-17-22-7-5-6-8-23(22)35-18-19-9-11-20(12-10-19)27(31)32/h5-14,16-17H,3-4,15,18H2,1-2H3,(H,29,30)(H,31,32)/b28-17+. The predicted molar refractivity (Wildman–Crippen MR) is 133 cm³/mol. The van der Waals surface area contributed by atoms with E-state index in [0.29, 0.717) is 41.6 Å². The fraction of sp³-hybridized carbons (Fsp3) is 0.222. The van der Waals surface area contributed by atoms with Gasteiger partial charge in [0.2, 0.25) is 0 Å². The smallest absolute Gasteiger partial charge is 0.335 e. The maximum absolute atomic E-state index is 12.6. The van der Waals surface area contributed by atoms with E-state index in [4.69, 9.17) is 19.3 Å². The summed E-state index contributed by atoms with van der Waals surface area (Å²) in [7, 11) is 0. The van der Waals surface area contributed by atoms with Crippen LogP contribution in [0.1, 0.15) is 52.1 Å². The fourth-order valence-electron chi connectivity index (χ4n) is 3.10. The molecule has 0 aliphatic carbocycles. The number of amides is 1. The monoisotopic (exact) mass is 476 g/mol. The molecule has 1 amide bonds. The number of carbonyl (C=O) groups is 2. The predicted octanol–water partition coefficient (Wildman–Crippen LogP) is 4.92. The molecule has 0 fully saturated rings. The molecule has 0 saturated heterocycles. The first-order valence-electron chi connectivity index (χ1n) is 11.3. The zero-order valence-corrected chi connectivity index (χ0v) is 19.7. The number of hydrogen-bond acceptors (Lipinski definition) is 6. The number of carboxylic acids is 1. The molecule has 0 atom stereocenters. The van der Waals surface area contributed by atoms with Crippen LogP contribution in [0.4, 0.5) is 0 Å². The van der Waals surface area contributed by atoms with Crippen molar-refractivity contribution >= 4 is 18.1 Å². The van der Waals surface area contributed by atoms with Gasteiger partial charge in [0.25, 0.3) is 5.91 Å². The lowest BCUT2D eigenvalue weighted by atomic mass is 10.1. The van der Waals surface area contributed by atoms with Crippen LogP contribution in [0, 0.1) is 0 Å². The van der Waals surface area contributed by atoms with E-state index in [1.807, 2.05) is 32.0 Å². The van der Waals surface area contributed by atoms with Crippen LogP contribution < -0.4 is 19.6 Å². The number of carboxylic acid groups (broad SMARTS) is 1. The van der Waals surface area contributed by atoms with E-state index in [1.165, 1.54) is 18.3 Å². The van der Waals surface area contributed by atoms with Crippen molar-refractivity contribution in [1.82, 2.24) is 5.43 Å². The van der Waals surface area contributed by atoms with Gasteiger partial charge < -0.3 is 19.3 Å². The second-order valence-corrected chi connectivity index (χ2v) is 7.47. The van der Waals surface area contributed by atoms with Crippen LogP contribution in [0.5, 0.6) is 17.2 Å². The third kappa shape index (κ3) is 7.33. The van der Waals surface area contributed by atoms with Crippen molar-refractivity contribution in [1.29, 1.82) is 0 Å². The van der Waals surface area contributed by atoms with Gasteiger partial charge in [-0.1, -0.05) is 31.2 Å². The molecule has 0 bridgehead atoms. The largest absolute Gasteiger partial charge is 0.490 e. The van der Waals surface area contributed by atoms with Gasteiger partial charge in [-0.25, -0.2) is 10.2 Å². The summed E-state index contributed by atoms with van der Waals surface area (Å²) < 4.78 is 17.1. The zero-order valence-electron chi connectivity index (χ0n) is 19.7. The molecule has 3 aromatic rings. The molecule has 0 spiro atoms. The van der Waals surface area contributed by atoms with Gasteiger partial charge in [-0.3, -0.25) is 4.79 Å². The van der Waals surface area contributed by atoms with Crippen LogP contribution in [0.15, 0.2) is 71.8 Å². The highest BCUT2D eigenvalue weighted by Crippen LogP contribution is 2.28. The number of benzene rings is 3. The number of carbonyl (C=O) groups excluding carboxylic acids is 1. The minimum Gasteiger partial charge on any atom is -0.490 e. The van der Waals surface area contributed by atoms with Crippen LogP contribution >= 0.6 is 0 Å². The van der Waals surface area contributed by atoms with E-state index in [1.54, 1.807) is 36.4 Å². The van der Waals surface area contributed by atoms with Crippen molar-refractivity contribution < 1.29 is 28.9 Å². The van der Waals surface area contributed by atoms with Crippen LogP contribution in [-0.4, -0.2) is 36.4 Å². The summed E-state index contributed by atoms with van der Waals surface area (Å²) in [6.45, 7) is 5.15. The number of ether oxygens (including phenoxy) is 3. The van der Waals surface area contributed by atoms with Crippen LogP contribution in [0.25, 0.3) is 0 Å². The normalized spacial score (nSPS) is 10.7. The molecule has 8 heteroatoms. The highest BCUT2D eigenvalue weighted by molar-refractivity contribution is 5.95. The Morgan fingerprint density at radius 3 is 2.34 bits per heavy atom.